The number of nitrogens with two attached hydrogens (primary N) is 2. The van der Waals surface area contributed by atoms with E-state index in [-0.39, 0.29) is 11.4 Å². The molecule has 1 aromatic carbocycles. The molecule has 1 fully saturated rings. The third kappa shape index (κ3) is 3.71. The SMILES string of the molecule is Cn1ncc(NC(=O)c2nc(-c3ccccc3F)ccc2N)c1N1CC[C@H](CN)C1. The molecular formula is C21H24FN7O. The summed E-state index contributed by atoms with van der Waals surface area (Å²) in [6, 6.07) is 9.41. The van der Waals surface area contributed by atoms with Crippen LogP contribution in [-0.4, -0.2) is 40.3 Å². The van der Waals surface area contributed by atoms with Crippen molar-refractivity contribution in [2.75, 3.05) is 35.6 Å². The topological polar surface area (TPSA) is 115 Å². The van der Waals surface area contributed by atoms with Gasteiger partial charge in [-0.2, -0.15) is 5.10 Å². The second-order valence-electron chi connectivity index (χ2n) is 7.41. The van der Waals surface area contributed by atoms with E-state index in [0.717, 1.165) is 25.3 Å². The van der Waals surface area contributed by atoms with Gasteiger partial charge in [0.25, 0.3) is 5.91 Å². The van der Waals surface area contributed by atoms with E-state index in [0.29, 0.717) is 29.4 Å². The van der Waals surface area contributed by atoms with Gasteiger partial charge in [-0.1, -0.05) is 12.1 Å². The first-order valence-electron chi connectivity index (χ1n) is 9.77. The Morgan fingerprint density at radius 2 is 2.10 bits per heavy atom. The lowest BCUT2D eigenvalue weighted by Crippen LogP contribution is -2.26. The van der Waals surface area contributed by atoms with Crippen LogP contribution in [0, 0.1) is 11.7 Å². The fourth-order valence-corrected chi connectivity index (χ4v) is 3.76. The van der Waals surface area contributed by atoms with Crippen molar-refractivity contribution in [3.05, 3.63) is 54.1 Å². The minimum Gasteiger partial charge on any atom is -0.397 e. The Kier molecular flexibility index (Phi) is 5.37. The van der Waals surface area contributed by atoms with Gasteiger partial charge in [0, 0.05) is 25.7 Å². The number of aromatic nitrogens is 3. The molecule has 3 aromatic rings. The first kappa shape index (κ1) is 19.8. The Balaban J connectivity index is 1.61. The normalized spacial score (nSPS) is 16.1. The molecule has 1 saturated heterocycles. The van der Waals surface area contributed by atoms with Gasteiger partial charge in [0.2, 0.25) is 0 Å². The number of aryl methyl sites for hydroxylation is 1. The highest BCUT2D eigenvalue weighted by molar-refractivity contribution is 6.07. The maximum absolute atomic E-state index is 14.1. The Hall–Kier alpha value is -3.46. The number of carbonyl (C=O) groups is 1. The van der Waals surface area contributed by atoms with Crippen LogP contribution < -0.4 is 21.7 Å². The highest BCUT2D eigenvalue weighted by atomic mass is 19.1. The standard InChI is InChI=1S/C21H24FN7O/c1-28-21(29-9-8-13(10-23)12-29)18(11-25-28)27-20(30)19-16(24)6-7-17(26-19)14-4-2-3-5-15(14)22/h2-7,11,13H,8-10,12,23-24H2,1H3,(H,27,30)/t13-/m1/s1. The zero-order valence-corrected chi connectivity index (χ0v) is 16.7. The van der Waals surface area contributed by atoms with E-state index in [1.54, 1.807) is 41.2 Å². The van der Waals surface area contributed by atoms with Crippen molar-refractivity contribution >= 4 is 23.1 Å². The predicted octanol–water partition coefficient (Wildman–Crippen LogP) is 2.24. The summed E-state index contributed by atoms with van der Waals surface area (Å²) in [5.41, 5.74) is 13.3. The van der Waals surface area contributed by atoms with Gasteiger partial charge < -0.3 is 21.7 Å². The number of amides is 1. The molecule has 0 radical (unpaired) electrons. The van der Waals surface area contributed by atoms with Gasteiger partial charge >= 0.3 is 0 Å². The molecule has 1 atom stereocenters. The lowest BCUT2D eigenvalue weighted by molar-refractivity contribution is 0.102. The fourth-order valence-electron chi connectivity index (χ4n) is 3.76. The summed E-state index contributed by atoms with van der Waals surface area (Å²) in [5, 5.41) is 7.15. The molecule has 9 heteroatoms. The minimum atomic E-state index is -0.477. The van der Waals surface area contributed by atoms with Gasteiger partial charge in [0.1, 0.15) is 11.5 Å². The summed E-state index contributed by atoms with van der Waals surface area (Å²) in [6.07, 6.45) is 2.59. The van der Waals surface area contributed by atoms with Crippen LogP contribution in [0.4, 0.5) is 21.6 Å². The van der Waals surface area contributed by atoms with E-state index in [2.05, 4.69) is 20.3 Å². The molecule has 4 rings (SSSR count). The number of halogens is 1. The second kappa shape index (κ2) is 8.11. The van der Waals surface area contributed by atoms with Crippen LogP contribution in [-0.2, 0) is 7.05 Å². The van der Waals surface area contributed by atoms with Gasteiger partial charge in [-0.15, -0.1) is 0 Å². The number of hydrogen-bond donors (Lipinski definition) is 3. The molecule has 5 N–H and O–H groups in total. The van der Waals surface area contributed by atoms with Gasteiger partial charge in [0.15, 0.2) is 11.5 Å². The van der Waals surface area contributed by atoms with Gasteiger partial charge in [-0.25, -0.2) is 9.37 Å². The number of rotatable bonds is 5. The van der Waals surface area contributed by atoms with Gasteiger partial charge in [0.05, 0.1) is 17.6 Å². The smallest absolute Gasteiger partial charge is 0.276 e. The van der Waals surface area contributed by atoms with Crippen LogP contribution in [0.2, 0.25) is 0 Å². The van der Waals surface area contributed by atoms with Crippen LogP contribution in [0.15, 0.2) is 42.6 Å². The lowest BCUT2D eigenvalue weighted by Gasteiger charge is -2.20. The highest BCUT2D eigenvalue weighted by Crippen LogP contribution is 2.31. The minimum absolute atomic E-state index is 0.0341. The maximum atomic E-state index is 14.1. The zero-order valence-electron chi connectivity index (χ0n) is 16.7. The van der Waals surface area contributed by atoms with Crippen molar-refractivity contribution in [1.82, 2.24) is 14.8 Å². The molecule has 0 unspecified atom stereocenters. The molecule has 1 aliphatic rings. The van der Waals surface area contributed by atoms with Crippen molar-refractivity contribution in [3.8, 4) is 11.3 Å². The van der Waals surface area contributed by atoms with Crippen molar-refractivity contribution in [2.45, 2.75) is 6.42 Å². The van der Waals surface area contributed by atoms with Crippen LogP contribution in [0.5, 0.6) is 0 Å². The number of anilines is 3. The molecule has 0 aliphatic carbocycles. The summed E-state index contributed by atoms with van der Waals surface area (Å²) in [6.45, 7) is 2.27. The van der Waals surface area contributed by atoms with Crippen molar-refractivity contribution in [2.24, 2.45) is 18.7 Å². The molecule has 0 spiro atoms. The first-order chi connectivity index (χ1) is 14.5. The molecule has 30 heavy (non-hydrogen) atoms. The molecular weight excluding hydrogens is 385 g/mol. The Bertz CT molecular complexity index is 1080. The van der Waals surface area contributed by atoms with E-state index in [1.165, 1.54) is 6.07 Å². The Morgan fingerprint density at radius 1 is 1.30 bits per heavy atom. The third-order valence-electron chi connectivity index (χ3n) is 5.37. The zero-order chi connectivity index (χ0) is 21.3. The summed E-state index contributed by atoms with van der Waals surface area (Å²) >= 11 is 0. The van der Waals surface area contributed by atoms with Crippen molar-refractivity contribution in [3.63, 3.8) is 0 Å². The number of benzene rings is 1. The van der Waals surface area contributed by atoms with Crippen LogP contribution >= 0.6 is 0 Å². The number of carbonyl (C=O) groups excluding carboxylic acids is 1. The summed E-state index contributed by atoms with van der Waals surface area (Å²) < 4.78 is 15.9. The molecule has 3 heterocycles. The fraction of sp³-hybridized carbons (Fsp3) is 0.286. The lowest BCUT2D eigenvalue weighted by atomic mass is 10.1. The van der Waals surface area contributed by atoms with Gasteiger partial charge in [-0.3, -0.25) is 9.48 Å². The predicted molar refractivity (Wildman–Crippen MR) is 115 cm³/mol. The molecule has 2 aromatic heterocycles. The first-order valence-corrected chi connectivity index (χ1v) is 9.77. The third-order valence-corrected chi connectivity index (χ3v) is 5.37. The van der Waals surface area contributed by atoms with E-state index < -0.39 is 11.7 Å². The number of hydrogen-bond acceptors (Lipinski definition) is 6. The molecule has 0 saturated carbocycles. The summed E-state index contributed by atoms with van der Waals surface area (Å²) in [7, 11) is 1.83. The number of nitrogen functional groups attached to an aromatic ring is 1. The van der Waals surface area contributed by atoms with Crippen LogP contribution in [0.1, 0.15) is 16.9 Å². The van der Waals surface area contributed by atoms with E-state index in [1.807, 2.05) is 7.05 Å². The van der Waals surface area contributed by atoms with E-state index >= 15 is 0 Å². The highest BCUT2D eigenvalue weighted by Gasteiger charge is 2.27. The molecule has 0 bridgehead atoms. The van der Waals surface area contributed by atoms with E-state index in [9.17, 15) is 9.18 Å². The average molecular weight is 409 g/mol. The monoisotopic (exact) mass is 409 g/mol. The van der Waals surface area contributed by atoms with Crippen molar-refractivity contribution in [1.29, 1.82) is 0 Å². The Labute approximate surface area is 173 Å². The molecule has 8 nitrogen and oxygen atoms in total. The largest absolute Gasteiger partial charge is 0.397 e. The summed E-state index contributed by atoms with van der Waals surface area (Å²) in [5.74, 6) is 0.329. The molecule has 1 amide bonds. The van der Waals surface area contributed by atoms with Crippen LogP contribution in [0.25, 0.3) is 11.3 Å². The average Bonchev–Trinajstić information content (AvgIpc) is 3.35. The number of pyridine rings is 1. The van der Waals surface area contributed by atoms with Gasteiger partial charge in [-0.05, 0) is 43.1 Å². The quantitative estimate of drug-likeness (QED) is 0.595. The maximum Gasteiger partial charge on any atom is 0.276 e. The second-order valence-corrected chi connectivity index (χ2v) is 7.41. The van der Waals surface area contributed by atoms with E-state index in [4.69, 9.17) is 11.5 Å². The number of nitrogens with one attached hydrogen (secondary N) is 1. The number of nitrogens with zero attached hydrogens (tertiary/aromatic N) is 4. The Morgan fingerprint density at radius 3 is 2.83 bits per heavy atom. The van der Waals surface area contributed by atoms with Crippen LogP contribution in [0.3, 0.4) is 0 Å². The molecule has 156 valence electrons. The molecule has 1 aliphatic heterocycles. The summed E-state index contributed by atoms with van der Waals surface area (Å²) in [4.78, 5) is 19.5. The van der Waals surface area contributed by atoms with Crippen molar-refractivity contribution < 1.29 is 9.18 Å².